The molecule has 1 heterocycles. The summed E-state index contributed by atoms with van der Waals surface area (Å²) in [5.74, 6) is -0.0737. The van der Waals surface area contributed by atoms with Gasteiger partial charge in [0.25, 0.3) is 11.8 Å². The molecule has 1 aromatic heterocycles. The Morgan fingerprint density at radius 3 is 2.60 bits per heavy atom. The lowest BCUT2D eigenvalue weighted by atomic mass is 9.95. The van der Waals surface area contributed by atoms with Crippen molar-refractivity contribution in [3.05, 3.63) is 87.1 Å². The Kier molecular flexibility index (Phi) is 6.00. The number of amides is 2. The highest BCUT2D eigenvalue weighted by atomic mass is 32.1. The van der Waals surface area contributed by atoms with Crippen molar-refractivity contribution in [1.29, 1.82) is 0 Å². The maximum Gasteiger partial charge on any atom is 0.255 e. The second-order valence-corrected chi connectivity index (χ2v) is 8.76. The van der Waals surface area contributed by atoms with Crippen molar-refractivity contribution < 1.29 is 9.59 Å². The van der Waals surface area contributed by atoms with Crippen LogP contribution in [0.4, 0.5) is 5.69 Å². The Morgan fingerprint density at radius 2 is 1.80 bits per heavy atom. The summed E-state index contributed by atoms with van der Waals surface area (Å²) in [6.07, 6.45) is 4.47. The van der Waals surface area contributed by atoms with Crippen LogP contribution >= 0.6 is 11.3 Å². The molecule has 1 aliphatic carbocycles. The van der Waals surface area contributed by atoms with Crippen molar-refractivity contribution in [2.75, 3.05) is 12.4 Å². The van der Waals surface area contributed by atoms with Crippen LogP contribution in [-0.4, -0.2) is 23.8 Å². The number of nitrogens with zero attached hydrogens (tertiary/aromatic N) is 1. The van der Waals surface area contributed by atoms with E-state index in [0.717, 1.165) is 36.1 Å². The maximum absolute atomic E-state index is 13.2. The fraction of sp³-hybridized carbons (Fsp3) is 0.280. The number of benzene rings is 2. The number of anilines is 1. The van der Waals surface area contributed by atoms with Gasteiger partial charge in [0.2, 0.25) is 0 Å². The van der Waals surface area contributed by atoms with Gasteiger partial charge in [-0.1, -0.05) is 30.3 Å². The summed E-state index contributed by atoms with van der Waals surface area (Å²) in [5, 5.41) is 4.98. The Balaban J connectivity index is 1.49. The number of nitrogens with one attached hydrogen (secondary N) is 1. The van der Waals surface area contributed by atoms with Crippen molar-refractivity contribution >= 4 is 28.8 Å². The second kappa shape index (κ2) is 8.84. The van der Waals surface area contributed by atoms with Gasteiger partial charge >= 0.3 is 0 Å². The van der Waals surface area contributed by atoms with Crippen LogP contribution in [0.5, 0.6) is 0 Å². The SMILES string of the molecule is CC(c1cccc(NC(=O)c2ccccc2)c1)N(C)C(=O)c1csc2c1CCCC2. The van der Waals surface area contributed by atoms with Gasteiger partial charge in [0.15, 0.2) is 0 Å². The Hall–Kier alpha value is -2.92. The normalized spacial score (nSPS) is 13.9. The van der Waals surface area contributed by atoms with Crippen molar-refractivity contribution in [1.82, 2.24) is 4.90 Å². The number of aryl methyl sites for hydroxylation is 1. The van der Waals surface area contributed by atoms with Crippen LogP contribution < -0.4 is 5.32 Å². The topological polar surface area (TPSA) is 49.4 Å². The highest BCUT2D eigenvalue weighted by molar-refractivity contribution is 7.10. The predicted octanol–water partition coefficient (Wildman–Crippen LogP) is 5.71. The zero-order chi connectivity index (χ0) is 21.1. The zero-order valence-corrected chi connectivity index (χ0v) is 18.2. The largest absolute Gasteiger partial charge is 0.335 e. The van der Waals surface area contributed by atoms with E-state index < -0.39 is 0 Å². The van der Waals surface area contributed by atoms with Crippen LogP contribution in [0.15, 0.2) is 60.0 Å². The Morgan fingerprint density at radius 1 is 1.03 bits per heavy atom. The first-order chi connectivity index (χ1) is 14.5. The minimum absolute atomic E-state index is 0.0700. The van der Waals surface area contributed by atoms with Crippen LogP contribution in [0.3, 0.4) is 0 Å². The third-order valence-corrected chi connectivity index (χ3v) is 6.94. The van der Waals surface area contributed by atoms with E-state index in [1.54, 1.807) is 28.4 Å². The molecule has 0 saturated heterocycles. The third-order valence-electron chi connectivity index (χ3n) is 5.86. The molecule has 0 fully saturated rings. The van der Waals surface area contributed by atoms with Gasteiger partial charge in [-0.25, -0.2) is 0 Å². The summed E-state index contributed by atoms with van der Waals surface area (Å²) in [5.41, 5.74) is 4.44. The van der Waals surface area contributed by atoms with Gasteiger partial charge in [0.1, 0.15) is 0 Å². The third kappa shape index (κ3) is 4.17. The summed E-state index contributed by atoms with van der Waals surface area (Å²) in [6, 6.07) is 16.8. The lowest BCUT2D eigenvalue weighted by Crippen LogP contribution is -2.30. The van der Waals surface area contributed by atoms with Gasteiger partial charge in [0.05, 0.1) is 11.6 Å². The maximum atomic E-state index is 13.2. The van der Waals surface area contributed by atoms with E-state index >= 15 is 0 Å². The molecule has 1 aliphatic rings. The van der Waals surface area contributed by atoms with E-state index in [4.69, 9.17) is 0 Å². The molecule has 1 N–H and O–H groups in total. The molecule has 4 nitrogen and oxygen atoms in total. The summed E-state index contributed by atoms with van der Waals surface area (Å²) in [6.45, 7) is 2.02. The van der Waals surface area contributed by atoms with E-state index in [-0.39, 0.29) is 17.9 Å². The standard InChI is InChI=1S/C25H26N2O2S/c1-17(27(2)25(29)22-16-30-23-14-7-6-13-21(22)23)19-11-8-12-20(15-19)26-24(28)18-9-4-3-5-10-18/h3-5,8-12,15-17H,6-7,13-14H2,1-2H3,(H,26,28). The fourth-order valence-corrected chi connectivity index (χ4v) is 5.05. The van der Waals surface area contributed by atoms with Crippen LogP contribution in [0, 0.1) is 0 Å². The fourth-order valence-electron chi connectivity index (χ4n) is 3.93. The van der Waals surface area contributed by atoms with E-state index in [1.165, 1.54) is 16.9 Å². The summed E-state index contributed by atoms with van der Waals surface area (Å²) < 4.78 is 0. The number of thiophene rings is 1. The number of hydrogen-bond donors (Lipinski definition) is 1. The van der Waals surface area contributed by atoms with E-state index in [1.807, 2.05) is 61.8 Å². The van der Waals surface area contributed by atoms with Gasteiger partial charge in [-0.2, -0.15) is 0 Å². The molecular formula is C25H26N2O2S. The minimum Gasteiger partial charge on any atom is -0.335 e. The predicted molar refractivity (Wildman–Crippen MR) is 122 cm³/mol. The molecule has 0 spiro atoms. The summed E-state index contributed by atoms with van der Waals surface area (Å²) >= 11 is 1.72. The van der Waals surface area contributed by atoms with Crippen molar-refractivity contribution in [2.24, 2.45) is 0 Å². The summed E-state index contributed by atoms with van der Waals surface area (Å²) in [7, 11) is 1.86. The lowest BCUT2D eigenvalue weighted by Gasteiger charge is -2.26. The molecule has 0 aliphatic heterocycles. The molecule has 3 aromatic rings. The molecule has 0 radical (unpaired) electrons. The first kappa shape index (κ1) is 20.4. The van der Waals surface area contributed by atoms with Gasteiger partial charge in [-0.3, -0.25) is 9.59 Å². The first-order valence-corrected chi connectivity index (χ1v) is 11.3. The van der Waals surface area contributed by atoms with Gasteiger partial charge in [0, 0.05) is 28.6 Å². The molecular weight excluding hydrogens is 392 g/mol. The van der Waals surface area contributed by atoms with Crippen molar-refractivity contribution in [2.45, 2.75) is 38.6 Å². The Labute approximate surface area is 181 Å². The van der Waals surface area contributed by atoms with Gasteiger partial charge in [-0.05, 0) is 68.0 Å². The first-order valence-electron chi connectivity index (χ1n) is 10.4. The molecule has 1 unspecified atom stereocenters. The molecule has 154 valence electrons. The highest BCUT2D eigenvalue weighted by Gasteiger charge is 2.25. The summed E-state index contributed by atoms with van der Waals surface area (Å²) in [4.78, 5) is 28.8. The number of fused-ring (bicyclic) bond motifs is 1. The minimum atomic E-state index is -0.144. The number of hydrogen-bond acceptors (Lipinski definition) is 3. The van der Waals surface area contributed by atoms with E-state index in [2.05, 4.69) is 5.32 Å². The Bertz CT molecular complexity index is 1060. The number of carbonyl (C=O) groups is 2. The monoisotopic (exact) mass is 418 g/mol. The van der Waals surface area contributed by atoms with Crippen molar-refractivity contribution in [3.8, 4) is 0 Å². The molecule has 2 amide bonds. The average Bonchev–Trinajstić information content (AvgIpc) is 3.22. The van der Waals surface area contributed by atoms with Gasteiger partial charge < -0.3 is 10.2 Å². The van der Waals surface area contributed by atoms with Gasteiger partial charge in [-0.15, -0.1) is 11.3 Å². The molecule has 5 heteroatoms. The highest BCUT2D eigenvalue weighted by Crippen LogP contribution is 2.32. The molecule has 1 atom stereocenters. The molecule has 30 heavy (non-hydrogen) atoms. The van der Waals surface area contributed by atoms with Crippen LogP contribution in [-0.2, 0) is 12.8 Å². The number of rotatable bonds is 5. The molecule has 4 rings (SSSR count). The lowest BCUT2D eigenvalue weighted by molar-refractivity contribution is 0.0741. The molecule has 0 bridgehead atoms. The van der Waals surface area contributed by atoms with E-state index in [0.29, 0.717) is 5.56 Å². The molecule has 0 saturated carbocycles. The second-order valence-electron chi connectivity index (χ2n) is 7.80. The van der Waals surface area contributed by atoms with Crippen LogP contribution in [0.1, 0.15) is 62.5 Å². The van der Waals surface area contributed by atoms with E-state index in [9.17, 15) is 9.59 Å². The quantitative estimate of drug-likeness (QED) is 0.577. The molecule has 2 aromatic carbocycles. The smallest absolute Gasteiger partial charge is 0.255 e. The van der Waals surface area contributed by atoms with Crippen LogP contribution in [0.25, 0.3) is 0 Å². The van der Waals surface area contributed by atoms with Crippen LogP contribution in [0.2, 0.25) is 0 Å². The van der Waals surface area contributed by atoms with Crippen molar-refractivity contribution in [3.63, 3.8) is 0 Å². The average molecular weight is 419 g/mol. The number of carbonyl (C=O) groups excluding carboxylic acids is 2. The zero-order valence-electron chi connectivity index (χ0n) is 17.4.